The van der Waals surface area contributed by atoms with Gasteiger partial charge in [0.25, 0.3) is 11.8 Å². The van der Waals surface area contributed by atoms with Crippen molar-refractivity contribution in [3.05, 3.63) is 89.4 Å². The molecular formula is C23H22N2O5. The molecule has 1 atom stereocenters. The van der Waals surface area contributed by atoms with Crippen molar-refractivity contribution in [3.63, 3.8) is 0 Å². The third-order valence-corrected chi connectivity index (χ3v) is 4.46. The average Bonchev–Trinajstić information content (AvgIpc) is 3.28. The van der Waals surface area contributed by atoms with Gasteiger partial charge in [-0.1, -0.05) is 36.4 Å². The van der Waals surface area contributed by atoms with Crippen LogP contribution in [-0.2, 0) is 9.53 Å². The molecule has 0 saturated heterocycles. The van der Waals surface area contributed by atoms with Gasteiger partial charge in [0.15, 0.2) is 5.76 Å². The Morgan fingerprint density at radius 1 is 1.00 bits per heavy atom. The monoisotopic (exact) mass is 406 g/mol. The molecule has 1 heterocycles. The van der Waals surface area contributed by atoms with Crippen molar-refractivity contribution in [1.82, 2.24) is 4.90 Å². The summed E-state index contributed by atoms with van der Waals surface area (Å²) in [4.78, 5) is 39.0. The van der Waals surface area contributed by atoms with E-state index in [4.69, 9.17) is 9.15 Å². The number of esters is 1. The number of ether oxygens (including phenoxy) is 1. The predicted octanol–water partition coefficient (Wildman–Crippen LogP) is 3.83. The van der Waals surface area contributed by atoms with Gasteiger partial charge in [-0.25, -0.2) is 4.79 Å². The average molecular weight is 406 g/mol. The first kappa shape index (κ1) is 20.9. The first-order valence-corrected chi connectivity index (χ1v) is 9.29. The summed E-state index contributed by atoms with van der Waals surface area (Å²) in [5.74, 6) is -1.30. The number of hydrogen-bond donors (Lipinski definition) is 1. The molecule has 3 aromatic rings. The summed E-state index contributed by atoms with van der Waals surface area (Å²) in [6.45, 7) is 1.80. The number of anilines is 1. The zero-order chi connectivity index (χ0) is 21.7. The van der Waals surface area contributed by atoms with E-state index in [9.17, 15) is 14.4 Å². The van der Waals surface area contributed by atoms with E-state index in [1.54, 1.807) is 69.6 Å². The highest BCUT2D eigenvalue weighted by Gasteiger charge is 2.27. The van der Waals surface area contributed by atoms with Crippen LogP contribution in [0.1, 0.15) is 38.1 Å². The van der Waals surface area contributed by atoms with Crippen LogP contribution in [0.5, 0.6) is 0 Å². The topological polar surface area (TPSA) is 88.9 Å². The molecule has 3 rings (SSSR count). The number of amides is 2. The van der Waals surface area contributed by atoms with Gasteiger partial charge < -0.3 is 19.4 Å². The second kappa shape index (κ2) is 9.09. The number of benzene rings is 2. The van der Waals surface area contributed by atoms with Gasteiger partial charge in [0, 0.05) is 25.3 Å². The summed E-state index contributed by atoms with van der Waals surface area (Å²) in [6, 6.07) is 16.8. The van der Waals surface area contributed by atoms with Crippen molar-refractivity contribution in [2.45, 2.75) is 13.0 Å². The summed E-state index contributed by atoms with van der Waals surface area (Å²) in [7, 11) is 3.19. The van der Waals surface area contributed by atoms with E-state index in [1.165, 1.54) is 17.2 Å². The Labute approximate surface area is 174 Å². The van der Waals surface area contributed by atoms with Gasteiger partial charge in [-0.2, -0.15) is 0 Å². The lowest BCUT2D eigenvalue weighted by Gasteiger charge is -2.21. The molecule has 0 spiro atoms. The van der Waals surface area contributed by atoms with Crippen LogP contribution < -0.4 is 5.32 Å². The summed E-state index contributed by atoms with van der Waals surface area (Å²) < 4.78 is 10.6. The molecular weight excluding hydrogens is 384 g/mol. The number of rotatable bonds is 6. The van der Waals surface area contributed by atoms with Gasteiger partial charge in [-0.05, 0) is 36.8 Å². The zero-order valence-corrected chi connectivity index (χ0v) is 16.9. The highest BCUT2D eigenvalue weighted by Crippen LogP contribution is 2.24. The standard InChI is InChI=1S/C23H22N2O5/c1-15-11-12-17(14-18(15)24-21(26)19-10-7-13-29-19)23(28)30-20(22(27)25(2)3)16-8-5-4-6-9-16/h4-14,20H,1-3H3,(H,24,26)/t20-/m0/s1. The van der Waals surface area contributed by atoms with Gasteiger partial charge in [-0.15, -0.1) is 0 Å². The molecule has 0 aliphatic heterocycles. The molecule has 2 amide bonds. The van der Waals surface area contributed by atoms with Gasteiger partial charge in [0.1, 0.15) is 0 Å². The first-order valence-electron chi connectivity index (χ1n) is 9.29. The van der Waals surface area contributed by atoms with Gasteiger partial charge in [0.2, 0.25) is 6.10 Å². The highest BCUT2D eigenvalue weighted by atomic mass is 16.5. The lowest BCUT2D eigenvalue weighted by Crippen LogP contribution is -2.31. The van der Waals surface area contributed by atoms with Crippen molar-refractivity contribution in [1.29, 1.82) is 0 Å². The highest BCUT2D eigenvalue weighted by molar-refractivity contribution is 6.03. The Bertz CT molecular complexity index is 1040. The van der Waals surface area contributed by atoms with E-state index >= 15 is 0 Å². The summed E-state index contributed by atoms with van der Waals surface area (Å²) >= 11 is 0. The van der Waals surface area contributed by atoms with Crippen LogP contribution in [-0.4, -0.2) is 36.8 Å². The molecule has 0 radical (unpaired) electrons. The molecule has 7 nitrogen and oxygen atoms in total. The maximum atomic E-state index is 12.8. The van der Waals surface area contributed by atoms with E-state index in [0.29, 0.717) is 11.3 Å². The minimum Gasteiger partial charge on any atom is -0.459 e. The van der Waals surface area contributed by atoms with Gasteiger partial charge >= 0.3 is 5.97 Å². The Morgan fingerprint density at radius 3 is 2.37 bits per heavy atom. The molecule has 154 valence electrons. The Balaban J connectivity index is 1.83. The lowest BCUT2D eigenvalue weighted by molar-refractivity contribution is -0.138. The fraction of sp³-hybridized carbons (Fsp3) is 0.174. The van der Waals surface area contributed by atoms with Crippen LogP contribution in [0.2, 0.25) is 0 Å². The van der Waals surface area contributed by atoms with E-state index in [-0.39, 0.29) is 17.2 Å². The van der Waals surface area contributed by atoms with Crippen molar-refractivity contribution in [2.24, 2.45) is 0 Å². The number of carbonyl (C=O) groups is 3. The van der Waals surface area contributed by atoms with Crippen LogP contribution in [0.4, 0.5) is 5.69 Å². The van der Waals surface area contributed by atoms with Crippen molar-refractivity contribution < 1.29 is 23.5 Å². The molecule has 0 bridgehead atoms. The molecule has 0 fully saturated rings. The largest absolute Gasteiger partial charge is 0.459 e. The third-order valence-electron chi connectivity index (χ3n) is 4.46. The number of nitrogens with zero attached hydrogens (tertiary/aromatic N) is 1. The number of carbonyl (C=O) groups excluding carboxylic acids is 3. The molecule has 0 aliphatic carbocycles. The fourth-order valence-corrected chi connectivity index (χ4v) is 2.77. The first-order chi connectivity index (χ1) is 14.4. The predicted molar refractivity (Wildman–Crippen MR) is 111 cm³/mol. The molecule has 1 aromatic heterocycles. The van der Waals surface area contributed by atoms with Crippen molar-refractivity contribution >= 4 is 23.5 Å². The minimum atomic E-state index is -1.07. The van der Waals surface area contributed by atoms with Crippen LogP contribution >= 0.6 is 0 Å². The van der Waals surface area contributed by atoms with Crippen molar-refractivity contribution in [3.8, 4) is 0 Å². The van der Waals surface area contributed by atoms with E-state index in [1.807, 2.05) is 6.07 Å². The number of hydrogen-bond acceptors (Lipinski definition) is 5. The number of aryl methyl sites for hydroxylation is 1. The molecule has 0 unspecified atom stereocenters. The summed E-state index contributed by atoms with van der Waals surface area (Å²) in [6.07, 6.45) is 0.331. The molecule has 2 aromatic carbocycles. The Kier molecular flexibility index (Phi) is 6.32. The molecule has 7 heteroatoms. The van der Waals surface area contributed by atoms with Gasteiger partial charge in [0.05, 0.1) is 11.8 Å². The van der Waals surface area contributed by atoms with E-state index in [2.05, 4.69) is 5.32 Å². The molecule has 0 aliphatic rings. The second-order valence-corrected chi connectivity index (χ2v) is 6.89. The van der Waals surface area contributed by atoms with E-state index < -0.39 is 18.0 Å². The number of furan rings is 1. The quantitative estimate of drug-likeness (QED) is 0.629. The normalized spacial score (nSPS) is 11.4. The minimum absolute atomic E-state index is 0.156. The zero-order valence-electron chi connectivity index (χ0n) is 16.9. The van der Waals surface area contributed by atoms with Crippen LogP contribution in [0, 0.1) is 6.92 Å². The Morgan fingerprint density at radius 2 is 1.73 bits per heavy atom. The maximum absolute atomic E-state index is 12.8. The van der Waals surface area contributed by atoms with Crippen LogP contribution in [0.25, 0.3) is 0 Å². The maximum Gasteiger partial charge on any atom is 0.339 e. The third kappa shape index (κ3) is 4.75. The Hall–Kier alpha value is -3.87. The summed E-state index contributed by atoms with van der Waals surface area (Å²) in [5, 5.41) is 2.72. The summed E-state index contributed by atoms with van der Waals surface area (Å²) in [5.41, 5.74) is 1.99. The number of nitrogens with one attached hydrogen (secondary N) is 1. The fourth-order valence-electron chi connectivity index (χ4n) is 2.77. The number of likely N-dealkylation sites (N-methyl/N-ethyl adjacent to an activating group) is 1. The molecule has 30 heavy (non-hydrogen) atoms. The van der Waals surface area contributed by atoms with Crippen LogP contribution in [0.3, 0.4) is 0 Å². The second-order valence-electron chi connectivity index (χ2n) is 6.89. The van der Waals surface area contributed by atoms with E-state index in [0.717, 1.165) is 5.56 Å². The molecule has 0 saturated carbocycles. The SMILES string of the molecule is Cc1ccc(C(=O)O[C@H](C(=O)N(C)C)c2ccccc2)cc1NC(=O)c1ccco1. The molecule has 1 N–H and O–H groups in total. The lowest BCUT2D eigenvalue weighted by atomic mass is 10.1. The van der Waals surface area contributed by atoms with Gasteiger partial charge in [-0.3, -0.25) is 9.59 Å². The smallest absolute Gasteiger partial charge is 0.339 e. The van der Waals surface area contributed by atoms with Crippen molar-refractivity contribution in [2.75, 3.05) is 19.4 Å². The van der Waals surface area contributed by atoms with Crippen LogP contribution in [0.15, 0.2) is 71.3 Å².